The highest BCUT2D eigenvalue weighted by molar-refractivity contribution is 5.88. The number of tetrazole rings is 1. The van der Waals surface area contributed by atoms with Gasteiger partial charge < -0.3 is 4.90 Å². The van der Waals surface area contributed by atoms with Crippen LogP contribution in [0.15, 0.2) is 24.3 Å². The third kappa shape index (κ3) is 2.20. The summed E-state index contributed by atoms with van der Waals surface area (Å²) in [6.45, 7) is 2.95. The summed E-state index contributed by atoms with van der Waals surface area (Å²) in [4.78, 5) is 2.14. The van der Waals surface area contributed by atoms with Gasteiger partial charge in [-0.25, -0.2) is 0 Å². The van der Waals surface area contributed by atoms with Gasteiger partial charge in [0.05, 0.1) is 11.1 Å². The summed E-state index contributed by atoms with van der Waals surface area (Å²) >= 11 is 0. The van der Waals surface area contributed by atoms with E-state index in [0.717, 1.165) is 31.1 Å². The van der Waals surface area contributed by atoms with Gasteiger partial charge in [0, 0.05) is 23.7 Å². The molecule has 3 aromatic rings. The van der Waals surface area contributed by atoms with E-state index in [0.29, 0.717) is 11.6 Å². The Morgan fingerprint density at radius 1 is 1.22 bits per heavy atom. The third-order valence-electron chi connectivity index (χ3n) is 4.46. The number of halogens is 3. The number of fused-ring (bicyclic) bond motifs is 3. The highest BCUT2D eigenvalue weighted by Gasteiger charge is 2.34. The Morgan fingerprint density at radius 3 is 2.74 bits per heavy atom. The van der Waals surface area contributed by atoms with E-state index >= 15 is 0 Å². The molecule has 1 saturated heterocycles. The minimum atomic E-state index is -4.46. The minimum absolute atomic E-state index is 0.0899. The number of pyridine rings is 1. The zero-order valence-electron chi connectivity index (χ0n) is 12.4. The van der Waals surface area contributed by atoms with Crippen LogP contribution in [0.4, 0.5) is 18.9 Å². The molecule has 0 saturated carbocycles. The van der Waals surface area contributed by atoms with E-state index in [1.807, 2.05) is 6.07 Å². The van der Waals surface area contributed by atoms with E-state index in [9.17, 15) is 13.2 Å². The van der Waals surface area contributed by atoms with Crippen LogP contribution in [-0.2, 0) is 6.18 Å². The number of rotatable bonds is 1. The van der Waals surface area contributed by atoms with Gasteiger partial charge >= 0.3 is 6.18 Å². The third-order valence-corrected chi connectivity index (χ3v) is 4.46. The molecule has 1 atom stereocenters. The quantitative estimate of drug-likeness (QED) is 0.690. The standard InChI is InChI=1S/C15H14F3N5/c1-9-3-2-6-22(9)10-4-5-13-11(7-10)12(15(16,17)18)8-14-19-20-21-23(13)14/h4-5,7-9H,2-3,6H2,1H3. The molecule has 2 aromatic heterocycles. The SMILES string of the molecule is CC1CCCN1c1ccc2c(c1)c(C(F)(F)F)cc1nnnn12. The molecule has 8 heteroatoms. The molecule has 0 radical (unpaired) electrons. The van der Waals surface area contributed by atoms with Crippen LogP contribution < -0.4 is 4.90 Å². The molecule has 0 N–H and O–H groups in total. The van der Waals surface area contributed by atoms with Crippen molar-refractivity contribution in [3.8, 4) is 0 Å². The first kappa shape index (κ1) is 14.2. The van der Waals surface area contributed by atoms with E-state index in [1.54, 1.807) is 12.1 Å². The highest BCUT2D eigenvalue weighted by Crippen LogP contribution is 2.37. The molecule has 1 aliphatic rings. The van der Waals surface area contributed by atoms with E-state index in [-0.39, 0.29) is 11.0 Å². The molecule has 23 heavy (non-hydrogen) atoms. The maximum atomic E-state index is 13.4. The van der Waals surface area contributed by atoms with Gasteiger partial charge in [0.1, 0.15) is 0 Å². The molecule has 120 valence electrons. The van der Waals surface area contributed by atoms with Crippen LogP contribution >= 0.6 is 0 Å². The fourth-order valence-electron chi connectivity index (χ4n) is 3.32. The van der Waals surface area contributed by atoms with Crippen LogP contribution in [0.5, 0.6) is 0 Å². The Balaban J connectivity index is 2.00. The molecule has 5 nitrogen and oxygen atoms in total. The molecule has 3 heterocycles. The lowest BCUT2D eigenvalue weighted by Gasteiger charge is -2.24. The lowest BCUT2D eigenvalue weighted by molar-refractivity contribution is -0.136. The largest absolute Gasteiger partial charge is 0.417 e. The zero-order valence-corrected chi connectivity index (χ0v) is 12.4. The molecule has 1 fully saturated rings. The van der Waals surface area contributed by atoms with Crippen molar-refractivity contribution in [3.63, 3.8) is 0 Å². The molecule has 1 unspecified atom stereocenters. The van der Waals surface area contributed by atoms with E-state index in [4.69, 9.17) is 0 Å². The van der Waals surface area contributed by atoms with Crippen LogP contribution in [0, 0.1) is 0 Å². The molecule has 4 rings (SSSR count). The van der Waals surface area contributed by atoms with E-state index in [2.05, 4.69) is 27.3 Å². The average molecular weight is 321 g/mol. The van der Waals surface area contributed by atoms with Crippen LogP contribution in [0.25, 0.3) is 16.6 Å². The van der Waals surface area contributed by atoms with E-state index in [1.165, 1.54) is 4.52 Å². The zero-order chi connectivity index (χ0) is 16.2. The number of nitrogens with zero attached hydrogens (tertiary/aromatic N) is 5. The van der Waals surface area contributed by atoms with Crippen molar-refractivity contribution in [1.29, 1.82) is 0 Å². The van der Waals surface area contributed by atoms with Crippen molar-refractivity contribution in [2.75, 3.05) is 11.4 Å². The van der Waals surface area contributed by atoms with Crippen LogP contribution in [0.3, 0.4) is 0 Å². The molecule has 0 bridgehead atoms. The minimum Gasteiger partial charge on any atom is -0.369 e. The van der Waals surface area contributed by atoms with Crippen molar-refractivity contribution in [3.05, 3.63) is 29.8 Å². The summed E-state index contributed by atoms with van der Waals surface area (Å²) in [6, 6.07) is 6.43. The number of hydrogen-bond acceptors (Lipinski definition) is 4. The summed E-state index contributed by atoms with van der Waals surface area (Å²) in [6.07, 6.45) is -2.35. The second-order valence-electron chi connectivity index (χ2n) is 5.89. The number of anilines is 1. The first-order valence-corrected chi connectivity index (χ1v) is 7.44. The highest BCUT2D eigenvalue weighted by atomic mass is 19.4. The van der Waals surface area contributed by atoms with Gasteiger partial charge in [0.15, 0.2) is 5.65 Å². The fraction of sp³-hybridized carbons (Fsp3) is 0.400. The number of alkyl halides is 3. The van der Waals surface area contributed by atoms with Crippen molar-refractivity contribution < 1.29 is 13.2 Å². The smallest absolute Gasteiger partial charge is 0.369 e. The maximum Gasteiger partial charge on any atom is 0.417 e. The Kier molecular flexibility index (Phi) is 2.97. The van der Waals surface area contributed by atoms with Crippen LogP contribution in [-0.4, -0.2) is 32.6 Å². The van der Waals surface area contributed by atoms with Gasteiger partial charge in [-0.05, 0) is 54.5 Å². The van der Waals surface area contributed by atoms with Crippen LogP contribution in [0.1, 0.15) is 25.3 Å². The van der Waals surface area contributed by atoms with Gasteiger partial charge in [-0.1, -0.05) is 0 Å². The molecular weight excluding hydrogens is 307 g/mol. The molecule has 0 aliphatic carbocycles. The maximum absolute atomic E-state index is 13.4. The van der Waals surface area contributed by atoms with Crippen molar-refractivity contribution in [2.24, 2.45) is 0 Å². The van der Waals surface area contributed by atoms with Gasteiger partial charge in [-0.15, -0.1) is 5.10 Å². The van der Waals surface area contributed by atoms with Gasteiger partial charge in [-0.3, -0.25) is 0 Å². The first-order valence-electron chi connectivity index (χ1n) is 7.44. The Morgan fingerprint density at radius 2 is 2.04 bits per heavy atom. The van der Waals surface area contributed by atoms with Gasteiger partial charge in [-0.2, -0.15) is 17.7 Å². The monoisotopic (exact) mass is 321 g/mol. The van der Waals surface area contributed by atoms with Crippen molar-refractivity contribution >= 4 is 22.2 Å². The van der Waals surface area contributed by atoms with Crippen molar-refractivity contribution in [1.82, 2.24) is 20.0 Å². The summed E-state index contributed by atoms with van der Waals surface area (Å²) in [5.74, 6) is 0. The summed E-state index contributed by atoms with van der Waals surface area (Å²) < 4.78 is 41.7. The predicted molar refractivity (Wildman–Crippen MR) is 79.3 cm³/mol. The molecule has 0 spiro atoms. The van der Waals surface area contributed by atoms with Gasteiger partial charge in [0.25, 0.3) is 0 Å². The summed E-state index contributed by atoms with van der Waals surface area (Å²) in [7, 11) is 0. The Bertz CT molecular complexity index is 886. The summed E-state index contributed by atoms with van der Waals surface area (Å²) in [5, 5.41) is 11.0. The molecule has 1 aliphatic heterocycles. The second kappa shape index (κ2) is 4.81. The number of benzene rings is 1. The lowest BCUT2D eigenvalue weighted by Crippen LogP contribution is -2.26. The lowest BCUT2D eigenvalue weighted by atomic mass is 10.1. The molecule has 0 amide bonds. The summed E-state index contributed by atoms with van der Waals surface area (Å²) in [5.41, 5.74) is 0.548. The fourth-order valence-corrected chi connectivity index (χ4v) is 3.32. The average Bonchev–Trinajstić information content (AvgIpc) is 3.13. The second-order valence-corrected chi connectivity index (χ2v) is 5.89. The molecular formula is C15H14F3N5. The normalized spacial score (nSPS) is 19.1. The number of hydrogen-bond donors (Lipinski definition) is 0. The van der Waals surface area contributed by atoms with Crippen molar-refractivity contribution in [2.45, 2.75) is 32.0 Å². The molecule has 1 aromatic carbocycles. The van der Waals surface area contributed by atoms with Gasteiger partial charge in [0.2, 0.25) is 0 Å². The van der Waals surface area contributed by atoms with Crippen LogP contribution in [0.2, 0.25) is 0 Å². The van der Waals surface area contributed by atoms with E-state index < -0.39 is 11.7 Å². The Labute approximate surface area is 129 Å². The first-order chi connectivity index (χ1) is 10.9. The topological polar surface area (TPSA) is 46.3 Å². The predicted octanol–water partition coefficient (Wildman–Crippen LogP) is 3.29. The number of aromatic nitrogens is 4. The Hall–Kier alpha value is -2.38.